The van der Waals surface area contributed by atoms with E-state index in [0.717, 1.165) is 12.0 Å². The second kappa shape index (κ2) is 4.97. The Morgan fingerprint density at radius 3 is 2.54 bits per heavy atom. The lowest BCUT2D eigenvalue weighted by atomic mass is 10.0. The quantitative estimate of drug-likeness (QED) is 0.715. The third-order valence-electron chi connectivity index (χ3n) is 3.26. The number of rotatable bonds is 4. The first-order valence-corrected chi connectivity index (χ1v) is 5.62. The van der Waals surface area contributed by atoms with E-state index in [1.807, 2.05) is 0 Å². The average Bonchev–Trinajstić information content (AvgIpc) is 2.46. The van der Waals surface area contributed by atoms with Crippen molar-refractivity contribution in [3.8, 4) is 0 Å². The standard InChI is InChI=1S/C11H24N2/c1-5-13(9(2)3)8-11-10(4)6-7-12-11/h9-12H,5-8H2,1-4H3/t10-,11-/m0/s1. The Balaban J connectivity index is 2.36. The Bertz CT molecular complexity index is 145. The third kappa shape index (κ3) is 2.96. The summed E-state index contributed by atoms with van der Waals surface area (Å²) in [4.78, 5) is 2.54. The first-order valence-electron chi connectivity index (χ1n) is 5.62. The minimum absolute atomic E-state index is 0.680. The monoisotopic (exact) mass is 184 g/mol. The molecular formula is C11H24N2. The number of likely N-dealkylation sites (N-methyl/N-ethyl adjacent to an activating group) is 1. The topological polar surface area (TPSA) is 15.3 Å². The maximum absolute atomic E-state index is 3.58. The van der Waals surface area contributed by atoms with Gasteiger partial charge in [-0.2, -0.15) is 0 Å². The maximum atomic E-state index is 3.58. The molecule has 0 bridgehead atoms. The second-order valence-electron chi connectivity index (χ2n) is 4.51. The number of hydrogen-bond donors (Lipinski definition) is 1. The summed E-state index contributed by atoms with van der Waals surface area (Å²) in [5.74, 6) is 0.854. The van der Waals surface area contributed by atoms with Gasteiger partial charge in [0.15, 0.2) is 0 Å². The van der Waals surface area contributed by atoms with E-state index in [4.69, 9.17) is 0 Å². The van der Waals surface area contributed by atoms with Gasteiger partial charge in [0.25, 0.3) is 0 Å². The maximum Gasteiger partial charge on any atom is 0.0221 e. The summed E-state index contributed by atoms with van der Waals surface area (Å²) in [5.41, 5.74) is 0. The van der Waals surface area contributed by atoms with Gasteiger partial charge in [0.1, 0.15) is 0 Å². The Hall–Kier alpha value is -0.0800. The SMILES string of the molecule is CCN(C[C@@H]1NCC[C@@H]1C)C(C)C. The molecule has 0 aromatic rings. The van der Waals surface area contributed by atoms with E-state index < -0.39 is 0 Å². The molecule has 1 rings (SSSR count). The molecule has 0 spiro atoms. The van der Waals surface area contributed by atoms with Crippen LogP contribution in [-0.4, -0.2) is 36.6 Å². The molecule has 78 valence electrons. The van der Waals surface area contributed by atoms with Crippen LogP contribution in [0.15, 0.2) is 0 Å². The van der Waals surface area contributed by atoms with E-state index in [1.165, 1.54) is 26.1 Å². The predicted octanol–water partition coefficient (Wildman–Crippen LogP) is 1.71. The normalized spacial score (nSPS) is 29.1. The molecule has 2 atom stereocenters. The molecule has 1 aliphatic heterocycles. The van der Waals surface area contributed by atoms with Gasteiger partial charge < -0.3 is 5.32 Å². The average molecular weight is 184 g/mol. The van der Waals surface area contributed by atoms with Crippen LogP contribution in [0.25, 0.3) is 0 Å². The van der Waals surface area contributed by atoms with Crippen molar-refractivity contribution < 1.29 is 0 Å². The van der Waals surface area contributed by atoms with Gasteiger partial charge in [-0.1, -0.05) is 13.8 Å². The van der Waals surface area contributed by atoms with Gasteiger partial charge in [-0.15, -0.1) is 0 Å². The second-order valence-corrected chi connectivity index (χ2v) is 4.51. The van der Waals surface area contributed by atoms with Crippen LogP contribution in [0.3, 0.4) is 0 Å². The van der Waals surface area contributed by atoms with Gasteiger partial charge in [0.05, 0.1) is 0 Å². The molecule has 13 heavy (non-hydrogen) atoms. The van der Waals surface area contributed by atoms with Crippen LogP contribution in [0.2, 0.25) is 0 Å². The number of hydrogen-bond acceptors (Lipinski definition) is 2. The highest BCUT2D eigenvalue weighted by molar-refractivity contribution is 4.84. The molecule has 2 nitrogen and oxygen atoms in total. The van der Waals surface area contributed by atoms with E-state index in [9.17, 15) is 0 Å². The molecule has 0 aromatic heterocycles. The molecule has 1 N–H and O–H groups in total. The molecule has 1 saturated heterocycles. The van der Waals surface area contributed by atoms with Crippen LogP contribution in [0, 0.1) is 5.92 Å². The van der Waals surface area contributed by atoms with Crippen LogP contribution in [0.5, 0.6) is 0 Å². The van der Waals surface area contributed by atoms with Crippen molar-refractivity contribution in [1.29, 1.82) is 0 Å². The van der Waals surface area contributed by atoms with E-state index in [1.54, 1.807) is 0 Å². The molecule has 0 amide bonds. The van der Waals surface area contributed by atoms with Gasteiger partial charge in [-0.05, 0) is 39.3 Å². The van der Waals surface area contributed by atoms with E-state index in [0.29, 0.717) is 6.04 Å². The fraction of sp³-hybridized carbons (Fsp3) is 1.00. The van der Waals surface area contributed by atoms with Crippen LogP contribution in [0.4, 0.5) is 0 Å². The van der Waals surface area contributed by atoms with Crippen LogP contribution >= 0.6 is 0 Å². The lowest BCUT2D eigenvalue weighted by Crippen LogP contribution is -2.43. The summed E-state index contributed by atoms with van der Waals surface area (Å²) >= 11 is 0. The van der Waals surface area contributed by atoms with Crippen LogP contribution < -0.4 is 5.32 Å². The van der Waals surface area contributed by atoms with Crippen molar-refractivity contribution in [2.45, 2.75) is 46.2 Å². The van der Waals surface area contributed by atoms with E-state index >= 15 is 0 Å². The molecule has 0 radical (unpaired) electrons. The van der Waals surface area contributed by atoms with Crippen molar-refractivity contribution in [3.63, 3.8) is 0 Å². The molecular weight excluding hydrogens is 160 g/mol. The van der Waals surface area contributed by atoms with Gasteiger partial charge in [-0.25, -0.2) is 0 Å². The number of nitrogens with zero attached hydrogens (tertiary/aromatic N) is 1. The minimum atomic E-state index is 0.680. The fourth-order valence-corrected chi connectivity index (χ4v) is 2.10. The zero-order valence-corrected chi connectivity index (χ0v) is 9.51. The minimum Gasteiger partial charge on any atom is -0.312 e. The van der Waals surface area contributed by atoms with Gasteiger partial charge in [-0.3, -0.25) is 4.90 Å². The fourth-order valence-electron chi connectivity index (χ4n) is 2.10. The molecule has 1 heterocycles. The van der Waals surface area contributed by atoms with E-state index in [-0.39, 0.29) is 0 Å². The lowest BCUT2D eigenvalue weighted by Gasteiger charge is -2.29. The summed E-state index contributed by atoms with van der Waals surface area (Å²) < 4.78 is 0. The van der Waals surface area contributed by atoms with Crippen LogP contribution in [-0.2, 0) is 0 Å². The summed E-state index contributed by atoms with van der Waals surface area (Å²) in [5, 5.41) is 3.58. The van der Waals surface area contributed by atoms with Gasteiger partial charge in [0.2, 0.25) is 0 Å². The number of nitrogens with one attached hydrogen (secondary N) is 1. The highest BCUT2D eigenvalue weighted by Gasteiger charge is 2.24. The Morgan fingerprint density at radius 1 is 1.46 bits per heavy atom. The largest absolute Gasteiger partial charge is 0.312 e. The predicted molar refractivity (Wildman–Crippen MR) is 58.0 cm³/mol. The molecule has 0 unspecified atom stereocenters. The Labute approximate surface area is 82.7 Å². The van der Waals surface area contributed by atoms with Crippen molar-refractivity contribution in [1.82, 2.24) is 10.2 Å². The van der Waals surface area contributed by atoms with Crippen molar-refractivity contribution >= 4 is 0 Å². The Kier molecular flexibility index (Phi) is 4.20. The zero-order valence-electron chi connectivity index (χ0n) is 9.51. The first-order chi connectivity index (χ1) is 6.15. The zero-order chi connectivity index (χ0) is 9.84. The van der Waals surface area contributed by atoms with E-state index in [2.05, 4.69) is 37.9 Å². The van der Waals surface area contributed by atoms with Crippen molar-refractivity contribution in [2.75, 3.05) is 19.6 Å². The summed E-state index contributed by atoms with van der Waals surface area (Å²) in [6.07, 6.45) is 1.35. The summed E-state index contributed by atoms with van der Waals surface area (Å²) in [6, 6.07) is 1.40. The van der Waals surface area contributed by atoms with Crippen molar-refractivity contribution in [3.05, 3.63) is 0 Å². The lowest BCUT2D eigenvalue weighted by molar-refractivity contribution is 0.201. The molecule has 0 aromatic carbocycles. The molecule has 1 fully saturated rings. The third-order valence-corrected chi connectivity index (χ3v) is 3.26. The summed E-state index contributed by atoms with van der Waals surface area (Å²) in [6.45, 7) is 12.8. The smallest absolute Gasteiger partial charge is 0.0221 e. The molecule has 0 saturated carbocycles. The highest BCUT2D eigenvalue weighted by Crippen LogP contribution is 2.16. The molecule has 0 aliphatic carbocycles. The van der Waals surface area contributed by atoms with Crippen LogP contribution in [0.1, 0.15) is 34.1 Å². The van der Waals surface area contributed by atoms with Gasteiger partial charge in [0, 0.05) is 18.6 Å². The first kappa shape index (κ1) is 11.0. The van der Waals surface area contributed by atoms with Gasteiger partial charge >= 0.3 is 0 Å². The highest BCUT2D eigenvalue weighted by atomic mass is 15.2. The van der Waals surface area contributed by atoms with Crippen molar-refractivity contribution in [2.24, 2.45) is 5.92 Å². The Morgan fingerprint density at radius 2 is 2.15 bits per heavy atom. The molecule has 1 aliphatic rings. The molecule has 2 heteroatoms. The summed E-state index contributed by atoms with van der Waals surface area (Å²) in [7, 11) is 0.